The van der Waals surface area contributed by atoms with Crippen molar-refractivity contribution >= 4 is 10.8 Å². The van der Waals surface area contributed by atoms with Crippen LogP contribution in [0.25, 0.3) is 10.8 Å². The molecule has 0 unspecified atom stereocenters. The highest BCUT2D eigenvalue weighted by atomic mass is 14.2. The molecule has 0 spiro atoms. The molecule has 0 atom stereocenters. The van der Waals surface area contributed by atoms with E-state index in [-0.39, 0.29) is 0 Å². The maximum atomic E-state index is 2.37. The Bertz CT molecular complexity index is 519. The first kappa shape index (κ1) is 10.8. The smallest absolute Gasteiger partial charge is 0.0152 e. The fourth-order valence-electron chi connectivity index (χ4n) is 3.30. The normalized spacial score (nSPS) is 17.5. The summed E-state index contributed by atoms with van der Waals surface area (Å²) in [7, 11) is 0. The average Bonchev–Trinajstić information content (AvgIpc) is 2.40. The van der Waals surface area contributed by atoms with Gasteiger partial charge in [0.25, 0.3) is 0 Å². The van der Waals surface area contributed by atoms with Crippen molar-refractivity contribution in [1.29, 1.82) is 0 Å². The van der Waals surface area contributed by atoms with E-state index in [1.807, 2.05) is 0 Å². The first-order chi connectivity index (χ1) is 8.36. The third-order valence-electron chi connectivity index (χ3n) is 4.29. The van der Waals surface area contributed by atoms with Gasteiger partial charge in [0, 0.05) is 0 Å². The Balaban J connectivity index is 2.07. The molecule has 0 nitrogen and oxygen atoms in total. The van der Waals surface area contributed by atoms with Gasteiger partial charge in [-0.1, -0.05) is 55.7 Å². The van der Waals surface area contributed by atoms with Gasteiger partial charge in [-0.25, -0.2) is 0 Å². The number of hydrogen-bond acceptors (Lipinski definition) is 0. The SMILES string of the molecule is Cc1c(C2CCCCC2)ccc2ccccc12. The minimum absolute atomic E-state index is 0.813. The number of aryl methyl sites for hydroxylation is 1. The molecule has 1 saturated carbocycles. The van der Waals surface area contributed by atoms with Crippen molar-refractivity contribution in [1.82, 2.24) is 0 Å². The number of hydrogen-bond donors (Lipinski definition) is 0. The summed E-state index contributed by atoms with van der Waals surface area (Å²) in [6.45, 7) is 2.30. The van der Waals surface area contributed by atoms with Crippen molar-refractivity contribution in [3.05, 3.63) is 47.5 Å². The van der Waals surface area contributed by atoms with E-state index < -0.39 is 0 Å². The second-order valence-electron chi connectivity index (χ2n) is 5.34. The highest BCUT2D eigenvalue weighted by molar-refractivity contribution is 5.86. The van der Waals surface area contributed by atoms with Gasteiger partial charge in [-0.3, -0.25) is 0 Å². The van der Waals surface area contributed by atoms with Gasteiger partial charge in [0.05, 0.1) is 0 Å². The Labute approximate surface area is 104 Å². The molecule has 2 aromatic carbocycles. The zero-order valence-electron chi connectivity index (χ0n) is 10.6. The van der Waals surface area contributed by atoms with Crippen molar-refractivity contribution in [2.45, 2.75) is 44.9 Å². The van der Waals surface area contributed by atoms with Crippen LogP contribution in [0.15, 0.2) is 36.4 Å². The monoisotopic (exact) mass is 224 g/mol. The Morgan fingerprint density at radius 2 is 1.65 bits per heavy atom. The Morgan fingerprint density at radius 1 is 0.882 bits per heavy atom. The van der Waals surface area contributed by atoms with Crippen LogP contribution in [0.2, 0.25) is 0 Å². The molecule has 0 bridgehead atoms. The molecule has 0 saturated heterocycles. The molecule has 2 aromatic rings. The lowest BCUT2D eigenvalue weighted by molar-refractivity contribution is 0.443. The predicted molar refractivity (Wildman–Crippen MR) is 74.5 cm³/mol. The molecule has 17 heavy (non-hydrogen) atoms. The summed E-state index contributed by atoms with van der Waals surface area (Å²) in [6, 6.07) is 13.4. The van der Waals surface area contributed by atoms with Crippen LogP contribution in [0.4, 0.5) is 0 Å². The van der Waals surface area contributed by atoms with Crippen LogP contribution in [0.3, 0.4) is 0 Å². The van der Waals surface area contributed by atoms with E-state index in [2.05, 4.69) is 43.3 Å². The topological polar surface area (TPSA) is 0 Å². The van der Waals surface area contributed by atoms with Crippen LogP contribution in [0, 0.1) is 6.92 Å². The average molecular weight is 224 g/mol. The number of fused-ring (bicyclic) bond motifs is 1. The molecule has 3 rings (SSSR count). The standard InChI is InChI=1S/C17H20/c1-13-16-10-6-5-9-15(16)11-12-17(13)14-7-3-2-4-8-14/h5-6,9-12,14H,2-4,7-8H2,1H3. The van der Waals surface area contributed by atoms with Gasteiger partial charge in [0.2, 0.25) is 0 Å². The summed E-state index contributed by atoms with van der Waals surface area (Å²) >= 11 is 0. The van der Waals surface area contributed by atoms with Gasteiger partial charge in [0.15, 0.2) is 0 Å². The summed E-state index contributed by atoms with van der Waals surface area (Å²) in [4.78, 5) is 0. The van der Waals surface area contributed by atoms with E-state index in [0.717, 1.165) is 5.92 Å². The van der Waals surface area contributed by atoms with Gasteiger partial charge >= 0.3 is 0 Å². The molecule has 88 valence electrons. The van der Waals surface area contributed by atoms with Crippen molar-refractivity contribution in [3.63, 3.8) is 0 Å². The van der Waals surface area contributed by atoms with Gasteiger partial charge in [0.1, 0.15) is 0 Å². The molecule has 0 aliphatic heterocycles. The lowest BCUT2D eigenvalue weighted by Crippen LogP contribution is -2.06. The molecule has 1 fully saturated rings. The second-order valence-corrected chi connectivity index (χ2v) is 5.34. The lowest BCUT2D eigenvalue weighted by Gasteiger charge is -2.24. The quantitative estimate of drug-likeness (QED) is 0.625. The molecule has 0 heterocycles. The summed E-state index contributed by atoms with van der Waals surface area (Å²) in [5, 5.41) is 2.82. The molecular formula is C17H20. The Hall–Kier alpha value is -1.30. The Kier molecular flexibility index (Phi) is 2.88. The van der Waals surface area contributed by atoms with Crippen molar-refractivity contribution < 1.29 is 0 Å². The molecule has 0 heteroatoms. The first-order valence-electron chi connectivity index (χ1n) is 6.84. The van der Waals surface area contributed by atoms with Crippen LogP contribution in [-0.2, 0) is 0 Å². The molecule has 0 radical (unpaired) electrons. The van der Waals surface area contributed by atoms with Crippen molar-refractivity contribution in [2.24, 2.45) is 0 Å². The van der Waals surface area contributed by atoms with E-state index in [1.54, 1.807) is 5.56 Å². The van der Waals surface area contributed by atoms with Gasteiger partial charge in [-0.2, -0.15) is 0 Å². The van der Waals surface area contributed by atoms with Crippen LogP contribution in [0.5, 0.6) is 0 Å². The minimum Gasteiger partial charge on any atom is -0.0616 e. The summed E-state index contributed by atoms with van der Waals surface area (Å²) in [5.41, 5.74) is 3.11. The zero-order chi connectivity index (χ0) is 11.7. The largest absolute Gasteiger partial charge is 0.0616 e. The van der Waals surface area contributed by atoms with E-state index in [0.29, 0.717) is 0 Å². The van der Waals surface area contributed by atoms with Gasteiger partial charge in [-0.05, 0) is 47.6 Å². The molecular weight excluding hydrogens is 204 g/mol. The second kappa shape index (κ2) is 4.52. The molecule has 1 aliphatic carbocycles. The third-order valence-corrected chi connectivity index (χ3v) is 4.29. The maximum absolute atomic E-state index is 2.37. The molecule has 0 N–H and O–H groups in total. The van der Waals surface area contributed by atoms with Crippen molar-refractivity contribution in [3.8, 4) is 0 Å². The summed E-state index contributed by atoms with van der Waals surface area (Å²) in [6.07, 6.45) is 7.04. The highest BCUT2D eigenvalue weighted by Gasteiger charge is 2.17. The summed E-state index contributed by atoms with van der Waals surface area (Å²) < 4.78 is 0. The number of benzene rings is 2. The van der Waals surface area contributed by atoms with Crippen LogP contribution < -0.4 is 0 Å². The lowest BCUT2D eigenvalue weighted by atomic mass is 9.81. The first-order valence-corrected chi connectivity index (χ1v) is 6.84. The van der Waals surface area contributed by atoms with Crippen molar-refractivity contribution in [2.75, 3.05) is 0 Å². The fourth-order valence-corrected chi connectivity index (χ4v) is 3.30. The van der Waals surface area contributed by atoms with E-state index in [1.165, 1.54) is 48.4 Å². The van der Waals surface area contributed by atoms with Gasteiger partial charge in [-0.15, -0.1) is 0 Å². The maximum Gasteiger partial charge on any atom is -0.0152 e. The van der Waals surface area contributed by atoms with Gasteiger partial charge < -0.3 is 0 Å². The van der Waals surface area contributed by atoms with E-state index in [4.69, 9.17) is 0 Å². The number of rotatable bonds is 1. The Morgan fingerprint density at radius 3 is 2.47 bits per heavy atom. The molecule has 1 aliphatic rings. The fraction of sp³-hybridized carbons (Fsp3) is 0.412. The van der Waals surface area contributed by atoms with Crippen LogP contribution in [0.1, 0.15) is 49.1 Å². The third kappa shape index (κ3) is 1.97. The highest BCUT2D eigenvalue weighted by Crippen LogP contribution is 2.36. The predicted octanol–water partition coefficient (Wildman–Crippen LogP) is 5.20. The molecule has 0 amide bonds. The van der Waals surface area contributed by atoms with E-state index >= 15 is 0 Å². The molecule has 0 aromatic heterocycles. The summed E-state index contributed by atoms with van der Waals surface area (Å²) in [5.74, 6) is 0.813. The van der Waals surface area contributed by atoms with E-state index in [9.17, 15) is 0 Å². The van der Waals surface area contributed by atoms with Crippen LogP contribution >= 0.6 is 0 Å². The zero-order valence-corrected chi connectivity index (χ0v) is 10.6. The van der Waals surface area contributed by atoms with Crippen LogP contribution in [-0.4, -0.2) is 0 Å². The minimum atomic E-state index is 0.813.